The van der Waals surface area contributed by atoms with Crippen LogP contribution in [0.3, 0.4) is 0 Å². The predicted molar refractivity (Wildman–Crippen MR) is 132 cm³/mol. The van der Waals surface area contributed by atoms with Gasteiger partial charge in [-0.15, -0.1) is 0 Å². The van der Waals surface area contributed by atoms with Gasteiger partial charge in [0.25, 0.3) is 5.91 Å². The number of sulfonamides is 1. The first-order valence-electron chi connectivity index (χ1n) is 11.5. The van der Waals surface area contributed by atoms with Gasteiger partial charge < -0.3 is 14.0 Å². The van der Waals surface area contributed by atoms with Gasteiger partial charge in [-0.25, -0.2) is 12.8 Å². The molecule has 0 radical (unpaired) electrons. The number of thiazole rings is 1. The molecule has 1 atom stereocenters. The number of esters is 1. The molecule has 0 N–H and O–H groups in total. The molecule has 1 aromatic heterocycles. The van der Waals surface area contributed by atoms with Crippen LogP contribution in [-0.2, 0) is 30.9 Å². The van der Waals surface area contributed by atoms with E-state index in [1.54, 1.807) is 29.7 Å². The molecule has 192 valence electrons. The molecule has 0 spiro atoms. The first kappa shape index (κ1) is 26.0. The van der Waals surface area contributed by atoms with Crippen LogP contribution in [0.5, 0.6) is 5.75 Å². The molecule has 1 fully saturated rings. The molecule has 2 aromatic carbocycles. The van der Waals surface area contributed by atoms with E-state index in [0.29, 0.717) is 30.7 Å². The van der Waals surface area contributed by atoms with Crippen molar-refractivity contribution >= 4 is 43.5 Å². The number of amides is 1. The molecule has 1 amide bonds. The van der Waals surface area contributed by atoms with Crippen LogP contribution in [0.1, 0.15) is 26.7 Å². The Labute approximate surface area is 211 Å². The third-order valence-corrected chi connectivity index (χ3v) is 8.64. The maximum absolute atomic E-state index is 13.3. The first-order valence-corrected chi connectivity index (χ1v) is 13.8. The molecule has 0 bridgehead atoms. The Hall–Kier alpha value is -3.09. The number of halogens is 1. The number of nitrogens with zero attached hydrogens (tertiary/aromatic N) is 3. The Kier molecular flexibility index (Phi) is 7.86. The van der Waals surface area contributed by atoms with Gasteiger partial charge in [0, 0.05) is 6.54 Å². The van der Waals surface area contributed by atoms with Gasteiger partial charge in [-0.1, -0.05) is 11.3 Å². The molecule has 36 heavy (non-hydrogen) atoms. The van der Waals surface area contributed by atoms with E-state index in [-0.39, 0.29) is 29.4 Å². The largest absolute Gasteiger partial charge is 0.494 e. The molecule has 3 aromatic rings. The van der Waals surface area contributed by atoms with Gasteiger partial charge in [0.15, 0.2) is 4.80 Å². The van der Waals surface area contributed by atoms with Gasteiger partial charge in [0.2, 0.25) is 10.0 Å². The van der Waals surface area contributed by atoms with Crippen LogP contribution >= 0.6 is 11.3 Å². The van der Waals surface area contributed by atoms with E-state index in [1.807, 2.05) is 6.92 Å². The lowest BCUT2D eigenvalue weighted by Crippen LogP contribution is -2.40. The van der Waals surface area contributed by atoms with Gasteiger partial charge in [0.1, 0.15) is 24.2 Å². The van der Waals surface area contributed by atoms with Crippen molar-refractivity contribution in [1.29, 1.82) is 0 Å². The number of hydrogen-bond donors (Lipinski definition) is 0. The van der Waals surface area contributed by atoms with Crippen LogP contribution in [0.4, 0.5) is 4.39 Å². The maximum Gasteiger partial charge on any atom is 0.326 e. The van der Waals surface area contributed by atoms with Crippen LogP contribution < -0.4 is 9.54 Å². The highest BCUT2D eigenvalue weighted by Crippen LogP contribution is 2.28. The zero-order chi connectivity index (χ0) is 25.9. The summed E-state index contributed by atoms with van der Waals surface area (Å²) in [7, 11) is -4.02. The number of carbonyl (C=O) groups is 2. The van der Waals surface area contributed by atoms with Gasteiger partial charge in [-0.3, -0.25) is 9.59 Å². The summed E-state index contributed by atoms with van der Waals surface area (Å²) in [4.78, 5) is 30.0. The number of benzene rings is 2. The summed E-state index contributed by atoms with van der Waals surface area (Å²) in [5.41, 5.74) is 0.672. The number of rotatable bonds is 8. The quantitative estimate of drug-likeness (QED) is 0.411. The molecule has 1 aliphatic rings. The molecule has 4 rings (SSSR count). The SMILES string of the molecule is CCOC(=O)Cn1c(=NC(=O)C2CCCN2S(=O)(=O)c2ccc(F)cc2)sc2cc(OCC)ccc21. The van der Waals surface area contributed by atoms with Crippen LogP contribution in [-0.4, -0.2) is 55.0 Å². The third kappa shape index (κ3) is 5.35. The van der Waals surface area contributed by atoms with Crippen molar-refractivity contribution in [3.05, 3.63) is 53.1 Å². The Morgan fingerprint density at radius 3 is 2.58 bits per heavy atom. The Balaban J connectivity index is 1.72. The fourth-order valence-corrected chi connectivity index (χ4v) is 6.78. The standard InChI is InChI=1S/C24H26FN3O6S2/c1-3-33-17-9-12-19-21(14-17)35-24(27(19)15-22(29)34-4-2)26-23(30)20-6-5-13-28(20)36(31,32)18-10-7-16(25)8-11-18/h7-12,14,20H,3-6,13,15H2,1-2H3. The fourth-order valence-electron chi connectivity index (χ4n) is 4.07. The highest BCUT2D eigenvalue weighted by molar-refractivity contribution is 7.89. The second kappa shape index (κ2) is 10.9. The molecule has 12 heteroatoms. The minimum Gasteiger partial charge on any atom is -0.494 e. The van der Waals surface area contributed by atoms with E-state index in [2.05, 4.69) is 4.99 Å². The van der Waals surface area contributed by atoms with E-state index >= 15 is 0 Å². The van der Waals surface area contributed by atoms with Crippen LogP contribution in [0.25, 0.3) is 10.2 Å². The number of fused-ring (bicyclic) bond motifs is 1. The van der Waals surface area contributed by atoms with Crippen molar-refractivity contribution in [2.75, 3.05) is 19.8 Å². The monoisotopic (exact) mass is 535 g/mol. The van der Waals surface area contributed by atoms with Gasteiger partial charge in [0.05, 0.1) is 28.3 Å². The normalized spacial score (nSPS) is 17.0. The summed E-state index contributed by atoms with van der Waals surface area (Å²) in [6, 6.07) is 8.83. The van der Waals surface area contributed by atoms with Crippen molar-refractivity contribution in [2.24, 2.45) is 4.99 Å². The zero-order valence-corrected chi connectivity index (χ0v) is 21.5. The molecule has 0 aliphatic carbocycles. The van der Waals surface area contributed by atoms with E-state index in [1.165, 1.54) is 23.5 Å². The van der Waals surface area contributed by atoms with E-state index in [4.69, 9.17) is 9.47 Å². The molecule has 1 unspecified atom stereocenters. The molecule has 2 heterocycles. The predicted octanol–water partition coefficient (Wildman–Crippen LogP) is 3.08. The minimum absolute atomic E-state index is 0.0914. The van der Waals surface area contributed by atoms with Crippen LogP contribution in [0, 0.1) is 5.82 Å². The summed E-state index contributed by atoms with van der Waals surface area (Å²) < 4.78 is 53.7. The first-order chi connectivity index (χ1) is 17.2. The van der Waals surface area contributed by atoms with E-state index in [9.17, 15) is 22.4 Å². The molecular formula is C24H26FN3O6S2. The Morgan fingerprint density at radius 1 is 1.14 bits per heavy atom. The summed E-state index contributed by atoms with van der Waals surface area (Å²) in [6.45, 7) is 4.25. The Bertz CT molecular complexity index is 1450. The number of ether oxygens (including phenoxy) is 2. The second-order valence-corrected chi connectivity index (χ2v) is 10.9. The number of hydrogen-bond acceptors (Lipinski definition) is 7. The van der Waals surface area contributed by atoms with Crippen molar-refractivity contribution in [3.63, 3.8) is 0 Å². The van der Waals surface area contributed by atoms with Crippen molar-refractivity contribution in [2.45, 2.75) is 44.2 Å². The second-order valence-electron chi connectivity index (χ2n) is 8.02. The lowest BCUT2D eigenvalue weighted by atomic mass is 10.2. The Morgan fingerprint density at radius 2 is 1.89 bits per heavy atom. The van der Waals surface area contributed by atoms with Crippen molar-refractivity contribution < 1.29 is 31.9 Å². The van der Waals surface area contributed by atoms with Gasteiger partial charge >= 0.3 is 5.97 Å². The highest BCUT2D eigenvalue weighted by Gasteiger charge is 2.39. The van der Waals surface area contributed by atoms with Gasteiger partial charge in [-0.05, 0) is 69.2 Å². The van der Waals surface area contributed by atoms with Gasteiger partial charge in [-0.2, -0.15) is 9.30 Å². The molecule has 9 nitrogen and oxygen atoms in total. The van der Waals surface area contributed by atoms with E-state index < -0.39 is 33.8 Å². The lowest BCUT2D eigenvalue weighted by Gasteiger charge is -2.21. The van der Waals surface area contributed by atoms with Crippen molar-refractivity contribution in [1.82, 2.24) is 8.87 Å². The summed E-state index contributed by atoms with van der Waals surface area (Å²) >= 11 is 1.20. The molecule has 1 aliphatic heterocycles. The minimum atomic E-state index is -4.02. The topological polar surface area (TPSA) is 107 Å². The molecule has 1 saturated heterocycles. The van der Waals surface area contributed by atoms with Crippen LogP contribution in [0.2, 0.25) is 0 Å². The average molecular weight is 536 g/mol. The third-order valence-electron chi connectivity index (χ3n) is 5.67. The number of carbonyl (C=O) groups excluding carboxylic acids is 2. The summed E-state index contributed by atoms with van der Waals surface area (Å²) in [5.74, 6) is -1.03. The zero-order valence-electron chi connectivity index (χ0n) is 19.8. The average Bonchev–Trinajstić information content (AvgIpc) is 3.46. The highest BCUT2D eigenvalue weighted by atomic mass is 32.2. The van der Waals surface area contributed by atoms with Crippen LogP contribution in [0.15, 0.2) is 52.4 Å². The summed E-state index contributed by atoms with van der Waals surface area (Å²) in [6.07, 6.45) is 0.791. The molecular weight excluding hydrogens is 509 g/mol. The fraction of sp³-hybridized carbons (Fsp3) is 0.375. The maximum atomic E-state index is 13.3. The summed E-state index contributed by atoms with van der Waals surface area (Å²) in [5, 5.41) is 0. The van der Waals surface area contributed by atoms with E-state index in [0.717, 1.165) is 21.1 Å². The lowest BCUT2D eigenvalue weighted by molar-refractivity contribution is -0.143. The number of aromatic nitrogens is 1. The van der Waals surface area contributed by atoms with Crippen molar-refractivity contribution in [3.8, 4) is 5.75 Å². The molecule has 0 saturated carbocycles. The smallest absolute Gasteiger partial charge is 0.326 e.